The molecule has 100 valence electrons. The second-order valence-electron chi connectivity index (χ2n) is 5.43. The smallest absolute Gasteiger partial charge is 0.233 e. The standard InChI is InChI=1S/C12H25N3O2/c1-9(2)15-10(16)6-7-13-11(17)8-14-12(3,4)5/h9,14H,6-8H2,1-5H3,(H,13,17)(H,15,16). The molecule has 0 aliphatic rings. The normalized spacial score (nSPS) is 11.4. The third-order valence-electron chi connectivity index (χ3n) is 1.90. The molecule has 0 aromatic heterocycles. The van der Waals surface area contributed by atoms with E-state index >= 15 is 0 Å². The summed E-state index contributed by atoms with van der Waals surface area (Å²) in [4.78, 5) is 22.7. The fourth-order valence-electron chi connectivity index (χ4n) is 1.12. The fraction of sp³-hybridized carbons (Fsp3) is 0.833. The molecular formula is C12H25N3O2. The Morgan fingerprint density at radius 2 is 1.71 bits per heavy atom. The molecule has 0 bridgehead atoms. The van der Waals surface area contributed by atoms with Crippen molar-refractivity contribution in [2.75, 3.05) is 13.1 Å². The van der Waals surface area contributed by atoms with Gasteiger partial charge >= 0.3 is 0 Å². The Balaban J connectivity index is 3.61. The molecule has 0 aromatic rings. The Labute approximate surface area is 104 Å². The molecule has 0 atom stereocenters. The van der Waals surface area contributed by atoms with Crippen molar-refractivity contribution >= 4 is 11.8 Å². The van der Waals surface area contributed by atoms with Gasteiger partial charge < -0.3 is 16.0 Å². The topological polar surface area (TPSA) is 70.2 Å². The highest BCUT2D eigenvalue weighted by Crippen LogP contribution is 1.96. The molecule has 0 heterocycles. The van der Waals surface area contributed by atoms with E-state index in [1.54, 1.807) is 0 Å². The zero-order valence-corrected chi connectivity index (χ0v) is 11.5. The van der Waals surface area contributed by atoms with E-state index in [2.05, 4.69) is 16.0 Å². The van der Waals surface area contributed by atoms with Gasteiger partial charge in [0, 0.05) is 24.5 Å². The summed E-state index contributed by atoms with van der Waals surface area (Å²) in [6, 6.07) is 0.140. The highest BCUT2D eigenvalue weighted by atomic mass is 16.2. The first-order valence-corrected chi connectivity index (χ1v) is 6.02. The van der Waals surface area contributed by atoms with Crippen molar-refractivity contribution < 1.29 is 9.59 Å². The van der Waals surface area contributed by atoms with Crippen molar-refractivity contribution in [3.8, 4) is 0 Å². The van der Waals surface area contributed by atoms with Gasteiger partial charge in [0.25, 0.3) is 0 Å². The van der Waals surface area contributed by atoms with Crippen LogP contribution in [0.4, 0.5) is 0 Å². The zero-order chi connectivity index (χ0) is 13.5. The Hall–Kier alpha value is -1.10. The van der Waals surface area contributed by atoms with Crippen LogP contribution in [-0.4, -0.2) is 36.5 Å². The molecule has 0 spiro atoms. The summed E-state index contributed by atoms with van der Waals surface area (Å²) >= 11 is 0. The maximum absolute atomic E-state index is 11.4. The Morgan fingerprint density at radius 3 is 2.18 bits per heavy atom. The van der Waals surface area contributed by atoms with E-state index in [1.165, 1.54) is 0 Å². The average molecular weight is 243 g/mol. The Kier molecular flexibility index (Phi) is 6.80. The minimum atomic E-state index is -0.0859. The number of hydrogen-bond donors (Lipinski definition) is 3. The minimum absolute atomic E-state index is 0.0379. The Bertz CT molecular complexity index is 257. The summed E-state index contributed by atoms with van der Waals surface area (Å²) in [5.74, 6) is -0.124. The lowest BCUT2D eigenvalue weighted by Gasteiger charge is -2.20. The number of rotatable bonds is 6. The predicted octanol–water partition coefficient (Wildman–Crippen LogP) is 0.405. The largest absolute Gasteiger partial charge is 0.354 e. The van der Waals surface area contributed by atoms with Crippen molar-refractivity contribution in [2.24, 2.45) is 0 Å². The van der Waals surface area contributed by atoms with E-state index in [0.29, 0.717) is 13.0 Å². The van der Waals surface area contributed by atoms with Crippen molar-refractivity contribution in [1.82, 2.24) is 16.0 Å². The molecule has 17 heavy (non-hydrogen) atoms. The minimum Gasteiger partial charge on any atom is -0.354 e. The maximum Gasteiger partial charge on any atom is 0.233 e. The van der Waals surface area contributed by atoms with Gasteiger partial charge in [-0.2, -0.15) is 0 Å². The molecule has 0 saturated heterocycles. The summed E-state index contributed by atoms with van der Waals surface area (Å²) in [6.45, 7) is 10.5. The second kappa shape index (κ2) is 7.27. The number of carbonyl (C=O) groups excluding carboxylic acids is 2. The lowest BCUT2D eigenvalue weighted by molar-refractivity contribution is -0.122. The molecule has 0 unspecified atom stereocenters. The maximum atomic E-state index is 11.4. The van der Waals surface area contributed by atoms with Gasteiger partial charge in [0.05, 0.1) is 6.54 Å². The molecular weight excluding hydrogens is 218 g/mol. The highest BCUT2D eigenvalue weighted by molar-refractivity contribution is 5.80. The molecule has 0 rings (SSSR count). The first-order valence-electron chi connectivity index (χ1n) is 6.02. The van der Waals surface area contributed by atoms with E-state index in [9.17, 15) is 9.59 Å². The third-order valence-corrected chi connectivity index (χ3v) is 1.90. The van der Waals surface area contributed by atoms with Crippen molar-refractivity contribution in [1.29, 1.82) is 0 Å². The molecule has 3 N–H and O–H groups in total. The molecule has 0 aromatic carbocycles. The van der Waals surface area contributed by atoms with Crippen LogP contribution >= 0.6 is 0 Å². The van der Waals surface area contributed by atoms with Crippen LogP contribution in [0.3, 0.4) is 0 Å². The van der Waals surface area contributed by atoms with Gasteiger partial charge in [0.15, 0.2) is 0 Å². The first-order chi connectivity index (χ1) is 7.70. The van der Waals surface area contributed by atoms with Crippen LogP contribution in [0.1, 0.15) is 41.0 Å². The molecule has 5 nitrogen and oxygen atoms in total. The Morgan fingerprint density at radius 1 is 1.12 bits per heavy atom. The lowest BCUT2D eigenvalue weighted by Crippen LogP contribution is -2.44. The second-order valence-corrected chi connectivity index (χ2v) is 5.43. The van der Waals surface area contributed by atoms with Gasteiger partial charge in [-0.1, -0.05) is 0 Å². The van der Waals surface area contributed by atoms with Crippen molar-refractivity contribution in [3.63, 3.8) is 0 Å². The van der Waals surface area contributed by atoms with E-state index in [0.717, 1.165) is 0 Å². The van der Waals surface area contributed by atoms with Crippen LogP contribution in [-0.2, 0) is 9.59 Å². The molecule has 2 amide bonds. The lowest BCUT2D eigenvalue weighted by atomic mass is 10.1. The van der Waals surface area contributed by atoms with Crippen LogP contribution in [0.2, 0.25) is 0 Å². The quantitative estimate of drug-likeness (QED) is 0.632. The molecule has 5 heteroatoms. The third kappa shape index (κ3) is 11.2. The molecule has 0 saturated carbocycles. The average Bonchev–Trinajstić information content (AvgIpc) is 2.12. The summed E-state index contributed by atoms with van der Waals surface area (Å²) in [5.41, 5.74) is -0.0770. The van der Waals surface area contributed by atoms with Crippen molar-refractivity contribution in [3.05, 3.63) is 0 Å². The summed E-state index contributed by atoms with van der Waals surface area (Å²) in [6.07, 6.45) is 0.319. The van der Waals surface area contributed by atoms with Gasteiger partial charge in [0.2, 0.25) is 11.8 Å². The zero-order valence-electron chi connectivity index (χ0n) is 11.5. The number of carbonyl (C=O) groups is 2. The molecule has 0 aliphatic heterocycles. The summed E-state index contributed by atoms with van der Waals surface area (Å²) in [7, 11) is 0. The summed E-state index contributed by atoms with van der Waals surface area (Å²) < 4.78 is 0. The molecule has 0 radical (unpaired) electrons. The highest BCUT2D eigenvalue weighted by Gasteiger charge is 2.11. The van der Waals surface area contributed by atoms with E-state index in [1.807, 2.05) is 34.6 Å². The number of nitrogens with one attached hydrogen (secondary N) is 3. The number of hydrogen-bond acceptors (Lipinski definition) is 3. The molecule has 0 aliphatic carbocycles. The van der Waals surface area contributed by atoms with Crippen LogP contribution in [0.5, 0.6) is 0 Å². The predicted molar refractivity (Wildman–Crippen MR) is 68.7 cm³/mol. The monoisotopic (exact) mass is 243 g/mol. The molecule has 0 fully saturated rings. The van der Waals surface area contributed by atoms with Crippen LogP contribution in [0, 0.1) is 0 Å². The van der Waals surface area contributed by atoms with Crippen LogP contribution in [0.25, 0.3) is 0 Å². The van der Waals surface area contributed by atoms with Gasteiger partial charge in [-0.05, 0) is 34.6 Å². The van der Waals surface area contributed by atoms with Gasteiger partial charge in [-0.3, -0.25) is 9.59 Å². The van der Waals surface area contributed by atoms with Gasteiger partial charge in [0.1, 0.15) is 0 Å². The SMILES string of the molecule is CC(C)NC(=O)CCNC(=O)CNC(C)(C)C. The summed E-state index contributed by atoms with van der Waals surface area (Å²) in [5, 5.41) is 8.54. The van der Waals surface area contributed by atoms with Crippen molar-refractivity contribution in [2.45, 2.75) is 52.6 Å². The van der Waals surface area contributed by atoms with Crippen LogP contribution in [0.15, 0.2) is 0 Å². The van der Waals surface area contributed by atoms with Gasteiger partial charge in [-0.25, -0.2) is 0 Å². The van der Waals surface area contributed by atoms with Gasteiger partial charge in [-0.15, -0.1) is 0 Å². The van der Waals surface area contributed by atoms with E-state index in [-0.39, 0.29) is 29.9 Å². The first kappa shape index (κ1) is 15.9. The van der Waals surface area contributed by atoms with E-state index < -0.39 is 0 Å². The fourth-order valence-corrected chi connectivity index (χ4v) is 1.12. The number of amides is 2. The van der Waals surface area contributed by atoms with Crippen LogP contribution < -0.4 is 16.0 Å². The van der Waals surface area contributed by atoms with E-state index in [4.69, 9.17) is 0 Å².